The maximum atomic E-state index is 13.0. The number of rotatable bonds is 3. The fraction of sp³-hybridized carbons (Fsp3) is 0.381. The lowest BCUT2D eigenvalue weighted by atomic mass is 9.99. The zero-order valence-electron chi connectivity index (χ0n) is 16.5. The number of H-pyrrole nitrogens is 1. The second kappa shape index (κ2) is 6.68. The van der Waals surface area contributed by atoms with Crippen LogP contribution in [0, 0.1) is 0 Å². The predicted octanol–water partition coefficient (Wildman–Crippen LogP) is 3.29. The molecule has 0 aromatic carbocycles. The Labute approximate surface area is 175 Å². The minimum atomic E-state index is -4.43. The van der Waals surface area contributed by atoms with Gasteiger partial charge in [0.1, 0.15) is 6.04 Å². The maximum absolute atomic E-state index is 13.0. The van der Waals surface area contributed by atoms with Gasteiger partial charge in [-0.1, -0.05) is 6.07 Å². The fourth-order valence-corrected chi connectivity index (χ4v) is 4.53. The van der Waals surface area contributed by atoms with Gasteiger partial charge in [0.25, 0.3) is 0 Å². The van der Waals surface area contributed by atoms with Gasteiger partial charge < -0.3 is 10.3 Å². The molecule has 2 atom stereocenters. The SMILES string of the molecule is FC(F)(F)C1=CNC(N2CCc3[nH]cnc3[C@@H]2c2cc3c(C4CC4)cccn3n2)N=C1. The average molecular weight is 427 g/mol. The number of hydrogen-bond acceptors (Lipinski definition) is 5. The molecule has 0 amide bonds. The summed E-state index contributed by atoms with van der Waals surface area (Å²) in [7, 11) is 0. The number of pyridine rings is 1. The quantitative estimate of drug-likeness (QED) is 0.673. The van der Waals surface area contributed by atoms with Gasteiger partial charge in [0.2, 0.25) is 0 Å². The molecular weight excluding hydrogens is 407 g/mol. The molecule has 0 saturated heterocycles. The number of aliphatic imine (C=N–C) groups is 1. The van der Waals surface area contributed by atoms with Crippen LogP contribution in [0.3, 0.4) is 0 Å². The summed E-state index contributed by atoms with van der Waals surface area (Å²) >= 11 is 0. The second-order valence-electron chi connectivity index (χ2n) is 8.21. The van der Waals surface area contributed by atoms with Gasteiger partial charge in [-0.05, 0) is 36.5 Å². The van der Waals surface area contributed by atoms with Crippen molar-refractivity contribution in [2.75, 3.05) is 6.54 Å². The molecule has 3 aromatic rings. The Morgan fingerprint density at radius 3 is 2.81 bits per heavy atom. The summed E-state index contributed by atoms with van der Waals surface area (Å²) in [6.07, 6.45) is 3.49. The van der Waals surface area contributed by atoms with Gasteiger partial charge in [-0.25, -0.2) is 9.50 Å². The Morgan fingerprint density at radius 2 is 2.06 bits per heavy atom. The number of allylic oxidation sites excluding steroid dienone is 1. The van der Waals surface area contributed by atoms with Crippen LogP contribution < -0.4 is 5.32 Å². The van der Waals surface area contributed by atoms with Crippen molar-refractivity contribution < 1.29 is 13.2 Å². The van der Waals surface area contributed by atoms with Crippen molar-refractivity contribution in [3.8, 4) is 0 Å². The first-order valence-corrected chi connectivity index (χ1v) is 10.3. The fourth-order valence-electron chi connectivity index (χ4n) is 4.53. The summed E-state index contributed by atoms with van der Waals surface area (Å²) < 4.78 is 40.9. The summed E-state index contributed by atoms with van der Waals surface area (Å²) in [5, 5.41) is 7.65. The Hall–Kier alpha value is -3.14. The van der Waals surface area contributed by atoms with Gasteiger partial charge in [-0.15, -0.1) is 0 Å². The molecule has 1 aliphatic carbocycles. The van der Waals surface area contributed by atoms with E-state index in [1.54, 1.807) is 6.33 Å². The van der Waals surface area contributed by atoms with Crippen molar-refractivity contribution in [3.63, 3.8) is 0 Å². The van der Waals surface area contributed by atoms with Gasteiger partial charge in [-0.2, -0.15) is 18.3 Å². The number of imidazole rings is 1. The van der Waals surface area contributed by atoms with Crippen molar-refractivity contribution in [1.82, 2.24) is 29.8 Å². The third kappa shape index (κ3) is 3.13. The molecule has 1 fully saturated rings. The molecule has 1 unspecified atom stereocenters. The monoisotopic (exact) mass is 427 g/mol. The minimum Gasteiger partial charge on any atom is -0.357 e. The highest BCUT2D eigenvalue weighted by Gasteiger charge is 2.39. The van der Waals surface area contributed by atoms with E-state index in [0.29, 0.717) is 18.9 Å². The molecule has 0 bridgehead atoms. The molecule has 0 radical (unpaired) electrons. The van der Waals surface area contributed by atoms with E-state index in [-0.39, 0.29) is 6.04 Å². The minimum absolute atomic E-state index is 0.322. The first-order valence-electron chi connectivity index (χ1n) is 10.3. The third-order valence-electron chi connectivity index (χ3n) is 6.20. The van der Waals surface area contributed by atoms with Crippen molar-refractivity contribution in [2.45, 2.75) is 43.7 Å². The summed E-state index contributed by atoms with van der Waals surface area (Å²) in [5.74, 6) is 0.576. The van der Waals surface area contributed by atoms with E-state index in [4.69, 9.17) is 5.10 Å². The van der Waals surface area contributed by atoms with Gasteiger partial charge in [-0.3, -0.25) is 9.89 Å². The van der Waals surface area contributed by atoms with Gasteiger partial charge in [0, 0.05) is 37.3 Å². The average Bonchev–Trinajstić information content (AvgIpc) is 3.32. The molecule has 6 rings (SSSR count). The summed E-state index contributed by atoms with van der Waals surface area (Å²) in [6, 6.07) is 5.91. The van der Waals surface area contributed by atoms with E-state index in [1.165, 1.54) is 18.4 Å². The topological polar surface area (TPSA) is 73.6 Å². The smallest absolute Gasteiger partial charge is 0.357 e. The molecular formula is C21H20F3N7. The highest BCUT2D eigenvalue weighted by molar-refractivity contribution is 5.81. The largest absolute Gasteiger partial charge is 0.419 e. The summed E-state index contributed by atoms with van der Waals surface area (Å²) in [6.45, 7) is 0.605. The Bertz CT molecular complexity index is 1200. The first-order chi connectivity index (χ1) is 15.0. The van der Waals surface area contributed by atoms with Crippen LogP contribution >= 0.6 is 0 Å². The molecule has 31 heavy (non-hydrogen) atoms. The number of aromatic nitrogens is 4. The van der Waals surface area contributed by atoms with Gasteiger partial charge in [0.05, 0.1) is 28.8 Å². The van der Waals surface area contributed by atoms with Crippen LogP contribution in [0.2, 0.25) is 0 Å². The molecule has 3 aromatic heterocycles. The van der Waals surface area contributed by atoms with Crippen molar-refractivity contribution in [3.05, 3.63) is 65.1 Å². The van der Waals surface area contributed by atoms with E-state index < -0.39 is 18.0 Å². The molecule has 2 aliphatic heterocycles. The number of alkyl halides is 3. The molecule has 3 aliphatic rings. The lowest BCUT2D eigenvalue weighted by Gasteiger charge is -2.38. The Balaban J connectivity index is 1.40. The van der Waals surface area contributed by atoms with Crippen LogP contribution in [0.5, 0.6) is 0 Å². The number of nitrogens with one attached hydrogen (secondary N) is 2. The van der Waals surface area contributed by atoms with Crippen LogP contribution in [0.1, 0.15) is 47.4 Å². The van der Waals surface area contributed by atoms with E-state index in [1.807, 2.05) is 21.7 Å². The number of aromatic amines is 1. The van der Waals surface area contributed by atoms with Crippen LogP contribution in [0.4, 0.5) is 13.2 Å². The number of nitrogens with zero attached hydrogens (tertiary/aromatic N) is 5. The highest BCUT2D eigenvalue weighted by Crippen LogP contribution is 2.43. The normalized spacial score (nSPS) is 24.2. The molecule has 10 heteroatoms. The van der Waals surface area contributed by atoms with Crippen LogP contribution in [0.25, 0.3) is 5.52 Å². The zero-order chi connectivity index (χ0) is 21.2. The highest BCUT2D eigenvalue weighted by atomic mass is 19.4. The summed E-state index contributed by atoms with van der Waals surface area (Å²) in [5.41, 5.74) is 4.24. The number of hydrogen-bond donors (Lipinski definition) is 2. The Morgan fingerprint density at radius 1 is 1.19 bits per heavy atom. The predicted molar refractivity (Wildman–Crippen MR) is 108 cm³/mol. The Kier molecular flexibility index (Phi) is 4.01. The molecule has 2 N–H and O–H groups in total. The van der Waals surface area contributed by atoms with E-state index in [9.17, 15) is 13.2 Å². The van der Waals surface area contributed by atoms with Crippen molar-refractivity contribution in [2.24, 2.45) is 4.99 Å². The molecule has 0 spiro atoms. The van der Waals surface area contributed by atoms with E-state index in [2.05, 4.69) is 32.4 Å². The van der Waals surface area contributed by atoms with Crippen LogP contribution in [0.15, 0.2) is 47.5 Å². The second-order valence-corrected chi connectivity index (χ2v) is 8.21. The number of fused-ring (bicyclic) bond motifs is 2. The zero-order valence-corrected chi connectivity index (χ0v) is 16.5. The third-order valence-corrected chi connectivity index (χ3v) is 6.20. The van der Waals surface area contributed by atoms with E-state index in [0.717, 1.165) is 35.0 Å². The maximum Gasteiger partial charge on any atom is 0.419 e. The molecule has 5 heterocycles. The summed E-state index contributed by atoms with van der Waals surface area (Å²) in [4.78, 5) is 13.9. The first kappa shape index (κ1) is 18.6. The van der Waals surface area contributed by atoms with Gasteiger partial charge >= 0.3 is 6.18 Å². The van der Waals surface area contributed by atoms with E-state index >= 15 is 0 Å². The van der Waals surface area contributed by atoms with Crippen molar-refractivity contribution >= 4 is 11.7 Å². The van der Waals surface area contributed by atoms with Crippen LogP contribution in [-0.4, -0.2) is 49.7 Å². The standard InChI is InChI=1S/C21H20F3N7/c22-21(23,24)13-9-25-20(26-10-13)30-7-5-15-18(28-11-27-15)19(30)16-8-17-14(12-3-4-12)2-1-6-31(17)29-16/h1-2,6,8-12,19-20,25H,3-5,7H2,(H,27,28)/t19-,20?/m0/s1. The van der Waals surface area contributed by atoms with Gasteiger partial charge in [0.15, 0.2) is 6.29 Å². The molecule has 160 valence electrons. The molecule has 7 nitrogen and oxygen atoms in total. The molecule has 1 saturated carbocycles. The number of halogens is 3. The lowest BCUT2D eigenvalue weighted by Crippen LogP contribution is -2.49. The van der Waals surface area contributed by atoms with Crippen molar-refractivity contribution in [1.29, 1.82) is 0 Å². The van der Waals surface area contributed by atoms with Crippen LogP contribution in [-0.2, 0) is 6.42 Å². The lowest BCUT2D eigenvalue weighted by molar-refractivity contribution is -0.0865.